The van der Waals surface area contributed by atoms with Crippen LogP contribution in [0.4, 0.5) is 0 Å². The van der Waals surface area contributed by atoms with E-state index < -0.39 is 23.1 Å². The molecule has 0 aliphatic carbocycles. The maximum atomic E-state index is 12.2. The molecule has 0 spiro atoms. The number of hydrogen-bond acceptors (Lipinski definition) is 4. The lowest BCUT2D eigenvalue weighted by Crippen LogP contribution is -2.26. The fraction of sp³-hybridized carbons (Fsp3) is 0.143. The van der Waals surface area contributed by atoms with E-state index >= 15 is 0 Å². The molecule has 1 atom stereocenters. The van der Waals surface area contributed by atoms with Gasteiger partial charge in [0, 0.05) is 30.0 Å². The molecular formula is C14H15Cl2NO5S. The minimum atomic E-state index is -1.39. The molecule has 1 aliphatic heterocycles. The van der Waals surface area contributed by atoms with Crippen LogP contribution in [0, 0.1) is 0 Å². The highest BCUT2D eigenvalue weighted by Crippen LogP contribution is 2.21. The molecule has 0 saturated carbocycles. The van der Waals surface area contributed by atoms with E-state index in [-0.39, 0.29) is 48.3 Å². The number of rotatable bonds is 5. The van der Waals surface area contributed by atoms with Crippen molar-refractivity contribution in [2.45, 2.75) is 11.3 Å². The van der Waals surface area contributed by atoms with Gasteiger partial charge < -0.3 is 19.7 Å². The van der Waals surface area contributed by atoms with Gasteiger partial charge >= 0.3 is 11.9 Å². The largest absolute Gasteiger partial charge is 0.610 e. The van der Waals surface area contributed by atoms with E-state index in [4.69, 9.17) is 10.2 Å². The van der Waals surface area contributed by atoms with Crippen LogP contribution >= 0.6 is 24.8 Å². The number of carboxylic acid groups (broad SMARTS) is 2. The normalized spacial score (nSPS) is 14.6. The van der Waals surface area contributed by atoms with Crippen LogP contribution < -0.4 is 0 Å². The average molecular weight is 380 g/mol. The maximum Gasteiger partial charge on any atom is 0.333 e. The van der Waals surface area contributed by atoms with E-state index in [1.807, 2.05) is 0 Å². The molecule has 0 unspecified atom stereocenters. The first-order valence-electron chi connectivity index (χ1n) is 6.04. The lowest BCUT2D eigenvalue weighted by Gasteiger charge is -2.23. The fourth-order valence-electron chi connectivity index (χ4n) is 1.85. The molecule has 0 bridgehead atoms. The summed E-state index contributed by atoms with van der Waals surface area (Å²) in [7, 11) is 0. The SMILES string of the molecule is Cl.Cl.O=C(O)C1=CN(C[S@@+]([O-])c2ccccc2)C=C(C(=O)O)C1. The van der Waals surface area contributed by atoms with Crippen molar-refractivity contribution in [3.05, 3.63) is 53.9 Å². The van der Waals surface area contributed by atoms with Crippen LogP contribution in [-0.4, -0.2) is 37.5 Å². The Hall–Kier alpha value is -1.67. The second-order valence-corrected chi connectivity index (χ2v) is 5.82. The Balaban J connectivity index is 0.00000242. The van der Waals surface area contributed by atoms with Gasteiger partial charge in [-0.1, -0.05) is 18.2 Å². The molecule has 0 aromatic heterocycles. The van der Waals surface area contributed by atoms with Crippen molar-refractivity contribution in [2.75, 3.05) is 5.88 Å². The Morgan fingerprint density at radius 3 is 1.96 bits per heavy atom. The molecule has 1 aliphatic rings. The monoisotopic (exact) mass is 379 g/mol. The minimum Gasteiger partial charge on any atom is -0.610 e. The number of nitrogens with zero attached hydrogens (tertiary/aromatic N) is 1. The number of carboxylic acids is 2. The zero-order valence-corrected chi connectivity index (χ0v) is 14.2. The summed E-state index contributed by atoms with van der Waals surface area (Å²) >= 11 is -1.39. The van der Waals surface area contributed by atoms with Crippen molar-refractivity contribution in [2.24, 2.45) is 0 Å². The van der Waals surface area contributed by atoms with Gasteiger partial charge in [0.1, 0.15) is 0 Å². The van der Waals surface area contributed by atoms with Crippen molar-refractivity contribution < 1.29 is 24.4 Å². The van der Waals surface area contributed by atoms with Crippen molar-refractivity contribution >= 4 is 47.9 Å². The van der Waals surface area contributed by atoms with Crippen molar-refractivity contribution in [3.8, 4) is 0 Å². The fourth-order valence-corrected chi connectivity index (χ4v) is 2.88. The molecule has 0 saturated heterocycles. The maximum absolute atomic E-state index is 12.2. The summed E-state index contributed by atoms with van der Waals surface area (Å²) in [6.45, 7) is 0. The minimum absolute atomic E-state index is 0. The molecule has 6 nitrogen and oxygen atoms in total. The number of hydrogen-bond donors (Lipinski definition) is 2. The molecule has 126 valence electrons. The van der Waals surface area contributed by atoms with E-state index in [1.165, 1.54) is 17.3 Å². The number of halogens is 2. The van der Waals surface area contributed by atoms with Crippen LogP contribution in [0.15, 0.2) is 58.8 Å². The summed E-state index contributed by atoms with van der Waals surface area (Å²) < 4.78 is 12.2. The first kappa shape index (κ1) is 21.3. The van der Waals surface area contributed by atoms with Crippen molar-refractivity contribution in [3.63, 3.8) is 0 Å². The van der Waals surface area contributed by atoms with Gasteiger partial charge in [0.15, 0.2) is 10.8 Å². The third-order valence-corrected chi connectivity index (χ3v) is 4.18. The molecule has 2 rings (SSSR count). The molecule has 1 aromatic carbocycles. The number of aliphatic carboxylic acids is 2. The molecule has 9 heteroatoms. The third-order valence-electron chi connectivity index (χ3n) is 2.85. The Kier molecular flexibility index (Phi) is 8.78. The molecule has 0 radical (unpaired) electrons. The Morgan fingerprint density at radius 1 is 1.04 bits per heavy atom. The first-order chi connectivity index (χ1) is 9.97. The Labute approximate surface area is 148 Å². The molecular weight excluding hydrogens is 365 g/mol. The highest BCUT2D eigenvalue weighted by molar-refractivity contribution is 7.91. The van der Waals surface area contributed by atoms with Gasteiger partial charge in [-0.15, -0.1) is 24.8 Å². The van der Waals surface area contributed by atoms with Crippen LogP contribution in [0.2, 0.25) is 0 Å². The van der Waals surface area contributed by atoms with Crippen molar-refractivity contribution in [1.29, 1.82) is 0 Å². The van der Waals surface area contributed by atoms with Gasteiger partial charge in [-0.25, -0.2) is 9.59 Å². The Morgan fingerprint density at radius 2 is 1.52 bits per heavy atom. The summed E-state index contributed by atoms with van der Waals surface area (Å²) in [6, 6.07) is 8.70. The van der Waals surface area contributed by atoms with Crippen LogP contribution in [-0.2, 0) is 20.8 Å². The molecule has 0 amide bonds. The lowest BCUT2D eigenvalue weighted by atomic mass is 10.0. The molecule has 1 aromatic rings. The van der Waals surface area contributed by atoms with Gasteiger partial charge in [-0.3, -0.25) is 0 Å². The van der Waals surface area contributed by atoms with Crippen LogP contribution in [0.5, 0.6) is 0 Å². The molecule has 2 N–H and O–H groups in total. The zero-order chi connectivity index (χ0) is 15.4. The van der Waals surface area contributed by atoms with E-state index in [2.05, 4.69) is 0 Å². The average Bonchev–Trinajstić information content (AvgIpc) is 2.47. The highest BCUT2D eigenvalue weighted by Gasteiger charge is 2.24. The molecule has 0 fully saturated rings. The van der Waals surface area contributed by atoms with Gasteiger partial charge in [0.25, 0.3) is 0 Å². The number of carbonyl (C=O) groups is 2. The predicted octanol–water partition coefficient (Wildman–Crippen LogP) is 2.24. The van der Waals surface area contributed by atoms with Gasteiger partial charge in [0.05, 0.1) is 11.1 Å². The van der Waals surface area contributed by atoms with Crippen LogP contribution in [0.1, 0.15) is 6.42 Å². The zero-order valence-electron chi connectivity index (χ0n) is 11.7. The smallest absolute Gasteiger partial charge is 0.333 e. The molecule has 23 heavy (non-hydrogen) atoms. The van der Waals surface area contributed by atoms with Gasteiger partial charge in [-0.2, -0.15) is 0 Å². The summed E-state index contributed by atoms with van der Waals surface area (Å²) in [6.07, 6.45) is 2.48. The second kappa shape index (κ2) is 9.46. The quantitative estimate of drug-likeness (QED) is 0.760. The standard InChI is InChI=1S/C14H13NO5S.2ClH/c16-13(17)10-6-11(14(18)19)8-15(7-10)9-21(20)12-4-2-1-3-5-12;;/h1-5,7-8H,6,9H2,(H,16,17)(H,18,19);2*1H/t21-;;/m1../s1. The summed E-state index contributed by atoms with van der Waals surface area (Å²) in [5.74, 6) is -2.37. The number of benzene rings is 1. The van der Waals surface area contributed by atoms with Crippen LogP contribution in [0.25, 0.3) is 0 Å². The summed E-state index contributed by atoms with van der Waals surface area (Å²) in [4.78, 5) is 24.0. The predicted molar refractivity (Wildman–Crippen MR) is 90.1 cm³/mol. The first-order valence-corrected chi connectivity index (χ1v) is 7.36. The van der Waals surface area contributed by atoms with E-state index in [9.17, 15) is 14.1 Å². The second-order valence-electron chi connectivity index (χ2n) is 4.40. The third kappa shape index (κ3) is 5.80. The lowest BCUT2D eigenvalue weighted by molar-refractivity contribution is -0.133. The summed E-state index contributed by atoms with van der Waals surface area (Å²) in [5, 5.41) is 18.0. The Bertz CT molecular complexity index is 591. The van der Waals surface area contributed by atoms with Gasteiger partial charge in [-0.05, 0) is 12.1 Å². The highest BCUT2D eigenvalue weighted by atomic mass is 35.5. The van der Waals surface area contributed by atoms with Crippen molar-refractivity contribution in [1.82, 2.24) is 4.90 Å². The molecule has 1 heterocycles. The van der Waals surface area contributed by atoms with E-state index in [0.29, 0.717) is 4.90 Å². The summed E-state index contributed by atoms with van der Waals surface area (Å²) in [5.41, 5.74) is -0.0834. The topological polar surface area (TPSA) is 101 Å². The van der Waals surface area contributed by atoms with E-state index in [1.54, 1.807) is 30.3 Å². The van der Waals surface area contributed by atoms with Gasteiger partial charge in [0.2, 0.25) is 0 Å². The van der Waals surface area contributed by atoms with E-state index in [0.717, 1.165) is 0 Å². The van der Waals surface area contributed by atoms with Crippen LogP contribution in [0.3, 0.4) is 0 Å².